The summed E-state index contributed by atoms with van der Waals surface area (Å²) in [6.07, 6.45) is -0.142. The summed E-state index contributed by atoms with van der Waals surface area (Å²) >= 11 is 0. The van der Waals surface area contributed by atoms with Gasteiger partial charge in [0.05, 0.1) is 18.9 Å². The highest BCUT2D eigenvalue weighted by Gasteiger charge is 2.41. The van der Waals surface area contributed by atoms with E-state index in [4.69, 9.17) is 5.11 Å². The average molecular weight is 264 g/mol. The van der Waals surface area contributed by atoms with Crippen LogP contribution < -0.4 is 0 Å². The Morgan fingerprint density at radius 1 is 1.37 bits per heavy atom. The van der Waals surface area contributed by atoms with E-state index in [9.17, 15) is 14.9 Å². The van der Waals surface area contributed by atoms with E-state index in [0.717, 1.165) is 5.56 Å². The molecule has 1 heterocycles. The molecule has 6 nitrogen and oxygen atoms in total. The number of hydrogen-bond acceptors (Lipinski definition) is 4. The van der Waals surface area contributed by atoms with Crippen molar-refractivity contribution in [3.8, 4) is 0 Å². The first-order valence-corrected chi connectivity index (χ1v) is 6.18. The molecule has 2 rings (SSSR count). The van der Waals surface area contributed by atoms with Gasteiger partial charge >= 0.3 is 5.97 Å². The highest BCUT2D eigenvalue weighted by molar-refractivity contribution is 5.67. The third-order valence-corrected chi connectivity index (χ3v) is 3.44. The van der Waals surface area contributed by atoms with E-state index in [1.165, 1.54) is 0 Å². The van der Waals surface area contributed by atoms with Gasteiger partial charge in [-0.25, -0.2) is 0 Å². The lowest BCUT2D eigenvalue weighted by atomic mass is 10.0. The molecular weight excluding hydrogens is 248 g/mol. The lowest BCUT2D eigenvalue weighted by molar-refractivity contribution is -0.525. The van der Waals surface area contributed by atoms with Crippen LogP contribution in [0, 0.1) is 16.0 Å². The van der Waals surface area contributed by atoms with Crippen molar-refractivity contribution in [3.05, 3.63) is 46.0 Å². The fraction of sp³-hybridized carbons (Fsp3) is 0.462. The molecule has 2 atom stereocenters. The lowest BCUT2D eigenvalue weighted by Gasteiger charge is -2.14. The summed E-state index contributed by atoms with van der Waals surface area (Å²) in [4.78, 5) is 23.3. The first kappa shape index (κ1) is 13.5. The third kappa shape index (κ3) is 3.51. The molecule has 0 amide bonds. The zero-order valence-electron chi connectivity index (χ0n) is 10.4. The molecule has 0 spiro atoms. The van der Waals surface area contributed by atoms with Gasteiger partial charge in [0.25, 0.3) is 0 Å². The summed E-state index contributed by atoms with van der Waals surface area (Å²) in [5.41, 5.74) is 1.08. The fourth-order valence-electron chi connectivity index (χ4n) is 2.58. The molecule has 0 radical (unpaired) electrons. The molecule has 1 fully saturated rings. The molecule has 1 aromatic carbocycles. The van der Waals surface area contributed by atoms with Crippen LogP contribution >= 0.6 is 0 Å². The quantitative estimate of drug-likeness (QED) is 0.639. The maximum Gasteiger partial charge on any atom is 0.303 e. The van der Waals surface area contributed by atoms with Gasteiger partial charge in [0.1, 0.15) is 0 Å². The minimum Gasteiger partial charge on any atom is -0.481 e. The van der Waals surface area contributed by atoms with Crippen LogP contribution in [0.2, 0.25) is 0 Å². The molecule has 0 saturated carbocycles. The van der Waals surface area contributed by atoms with E-state index < -0.39 is 17.9 Å². The maximum atomic E-state index is 11.0. The molecule has 1 saturated heterocycles. The van der Waals surface area contributed by atoms with Gasteiger partial charge in [-0.3, -0.25) is 19.8 Å². The molecule has 0 aliphatic carbocycles. The summed E-state index contributed by atoms with van der Waals surface area (Å²) in [6.45, 7) is 1.41. The van der Waals surface area contributed by atoms with Gasteiger partial charge in [-0.15, -0.1) is 0 Å². The van der Waals surface area contributed by atoms with Crippen molar-refractivity contribution in [2.24, 2.45) is 5.92 Å². The molecule has 19 heavy (non-hydrogen) atoms. The Bertz CT molecular complexity index is 463. The molecule has 0 aromatic heterocycles. The Morgan fingerprint density at radius 2 is 2.05 bits per heavy atom. The zero-order chi connectivity index (χ0) is 13.8. The van der Waals surface area contributed by atoms with Gasteiger partial charge in [0.2, 0.25) is 6.04 Å². The smallest absolute Gasteiger partial charge is 0.303 e. The van der Waals surface area contributed by atoms with Crippen molar-refractivity contribution in [2.45, 2.75) is 19.0 Å². The Morgan fingerprint density at radius 3 is 2.63 bits per heavy atom. The van der Waals surface area contributed by atoms with Crippen molar-refractivity contribution in [1.29, 1.82) is 0 Å². The lowest BCUT2D eigenvalue weighted by Crippen LogP contribution is -2.30. The van der Waals surface area contributed by atoms with Crippen LogP contribution in [-0.2, 0) is 11.3 Å². The van der Waals surface area contributed by atoms with Gasteiger partial charge in [0.15, 0.2) is 0 Å². The SMILES string of the molecule is O=C(O)C[C@H]1CN(Cc2ccccc2)C[C@@H]1[N+](=O)[O-]. The molecule has 1 aliphatic heterocycles. The van der Waals surface area contributed by atoms with Gasteiger partial charge in [-0.05, 0) is 5.56 Å². The van der Waals surface area contributed by atoms with Crippen molar-refractivity contribution >= 4 is 5.97 Å². The predicted octanol–water partition coefficient (Wildman–Crippen LogP) is 1.24. The fourth-order valence-corrected chi connectivity index (χ4v) is 2.58. The number of nitrogens with zero attached hydrogens (tertiary/aromatic N) is 2. The van der Waals surface area contributed by atoms with E-state index in [1.807, 2.05) is 35.2 Å². The molecule has 0 unspecified atom stereocenters. The maximum absolute atomic E-state index is 11.0. The normalized spacial score (nSPS) is 23.4. The highest BCUT2D eigenvalue weighted by Crippen LogP contribution is 2.24. The minimum atomic E-state index is -0.974. The van der Waals surface area contributed by atoms with Crippen LogP contribution in [-0.4, -0.2) is 40.0 Å². The second-order valence-electron chi connectivity index (χ2n) is 4.89. The second-order valence-corrected chi connectivity index (χ2v) is 4.89. The third-order valence-electron chi connectivity index (χ3n) is 3.44. The molecular formula is C13H16N2O4. The number of likely N-dealkylation sites (tertiary alicyclic amines) is 1. The van der Waals surface area contributed by atoms with E-state index in [0.29, 0.717) is 19.6 Å². The van der Waals surface area contributed by atoms with Crippen molar-refractivity contribution < 1.29 is 14.8 Å². The molecule has 102 valence electrons. The predicted molar refractivity (Wildman–Crippen MR) is 68.2 cm³/mol. The number of carboxylic acids is 1. The summed E-state index contributed by atoms with van der Waals surface area (Å²) in [7, 11) is 0. The van der Waals surface area contributed by atoms with Gasteiger partial charge in [-0.2, -0.15) is 0 Å². The Labute approximate surface area is 110 Å². The summed E-state index contributed by atoms with van der Waals surface area (Å²) in [5.74, 6) is -1.38. The number of carbonyl (C=O) groups is 1. The van der Waals surface area contributed by atoms with Crippen LogP contribution in [0.3, 0.4) is 0 Å². The standard InChI is InChI=1S/C13H16N2O4/c16-13(17)6-11-8-14(9-12(11)15(18)19)7-10-4-2-1-3-5-10/h1-5,11-12H,6-9H2,(H,16,17)/t11-,12-/m0/s1. The number of benzene rings is 1. The Hall–Kier alpha value is -1.95. The molecule has 1 aromatic rings. The van der Waals surface area contributed by atoms with Crippen LogP contribution in [0.15, 0.2) is 30.3 Å². The van der Waals surface area contributed by atoms with E-state index in [-0.39, 0.29) is 11.3 Å². The van der Waals surface area contributed by atoms with Crippen LogP contribution in [0.5, 0.6) is 0 Å². The summed E-state index contributed by atoms with van der Waals surface area (Å²) < 4.78 is 0. The first-order valence-electron chi connectivity index (χ1n) is 6.18. The van der Waals surface area contributed by atoms with Gasteiger partial charge < -0.3 is 5.11 Å². The van der Waals surface area contributed by atoms with Crippen molar-refractivity contribution in [2.75, 3.05) is 13.1 Å². The molecule has 6 heteroatoms. The Balaban J connectivity index is 2.01. The minimum absolute atomic E-state index is 0.142. The monoisotopic (exact) mass is 264 g/mol. The van der Waals surface area contributed by atoms with Gasteiger partial charge in [-0.1, -0.05) is 30.3 Å². The molecule has 1 aliphatic rings. The van der Waals surface area contributed by atoms with Crippen LogP contribution in [0.1, 0.15) is 12.0 Å². The van der Waals surface area contributed by atoms with E-state index in [1.54, 1.807) is 0 Å². The number of carboxylic acid groups (broad SMARTS) is 1. The molecule has 1 N–H and O–H groups in total. The highest BCUT2D eigenvalue weighted by atomic mass is 16.6. The zero-order valence-corrected chi connectivity index (χ0v) is 10.4. The van der Waals surface area contributed by atoms with Crippen LogP contribution in [0.4, 0.5) is 0 Å². The second kappa shape index (κ2) is 5.79. The van der Waals surface area contributed by atoms with Crippen LogP contribution in [0.25, 0.3) is 0 Å². The largest absolute Gasteiger partial charge is 0.481 e. The average Bonchev–Trinajstić information content (AvgIpc) is 2.72. The first-order chi connectivity index (χ1) is 9.06. The number of nitro groups is 1. The number of aliphatic carboxylic acids is 1. The number of rotatable bonds is 5. The van der Waals surface area contributed by atoms with E-state index >= 15 is 0 Å². The summed E-state index contributed by atoms with van der Waals surface area (Å²) in [5, 5.41) is 19.8. The Kier molecular flexibility index (Phi) is 4.11. The number of hydrogen-bond donors (Lipinski definition) is 1. The van der Waals surface area contributed by atoms with Crippen molar-refractivity contribution in [1.82, 2.24) is 4.90 Å². The summed E-state index contributed by atoms with van der Waals surface area (Å²) in [6, 6.07) is 8.91. The van der Waals surface area contributed by atoms with Gasteiger partial charge in [0, 0.05) is 18.0 Å². The van der Waals surface area contributed by atoms with E-state index in [2.05, 4.69) is 0 Å². The molecule has 0 bridgehead atoms. The van der Waals surface area contributed by atoms with Crippen molar-refractivity contribution in [3.63, 3.8) is 0 Å². The topological polar surface area (TPSA) is 83.7 Å².